The molecule has 0 bridgehead atoms. The van der Waals surface area contributed by atoms with Gasteiger partial charge in [0.05, 0.1) is 0 Å². The van der Waals surface area contributed by atoms with Crippen LogP contribution < -0.4 is 5.32 Å². The molecule has 2 N–H and O–H groups in total. The molecule has 0 heterocycles. The molecule has 0 fully saturated rings. The van der Waals surface area contributed by atoms with Crippen molar-refractivity contribution in [3.8, 4) is 11.1 Å². The van der Waals surface area contributed by atoms with Crippen molar-refractivity contribution >= 4 is 12.1 Å². The Labute approximate surface area is 180 Å². The van der Waals surface area contributed by atoms with Gasteiger partial charge in [-0.3, -0.25) is 0 Å². The largest absolute Gasteiger partial charge is 0.479 e. The Morgan fingerprint density at radius 3 is 2.13 bits per heavy atom. The molecule has 31 heavy (non-hydrogen) atoms. The zero-order valence-corrected chi connectivity index (χ0v) is 17.0. The lowest BCUT2D eigenvalue weighted by Gasteiger charge is -2.34. The van der Waals surface area contributed by atoms with E-state index in [1.807, 2.05) is 48.5 Å². The average Bonchev–Trinajstić information content (AvgIpc) is 3.11. The predicted molar refractivity (Wildman–Crippen MR) is 117 cm³/mol. The van der Waals surface area contributed by atoms with E-state index < -0.39 is 17.6 Å². The van der Waals surface area contributed by atoms with Crippen LogP contribution in [0.15, 0.2) is 72.8 Å². The maximum atomic E-state index is 12.7. The highest BCUT2D eigenvalue weighted by Crippen LogP contribution is 2.44. The fourth-order valence-corrected chi connectivity index (χ4v) is 4.91. The van der Waals surface area contributed by atoms with Crippen molar-refractivity contribution in [2.24, 2.45) is 0 Å². The van der Waals surface area contributed by atoms with Gasteiger partial charge >= 0.3 is 12.1 Å². The van der Waals surface area contributed by atoms with Crippen LogP contribution in [0.4, 0.5) is 4.79 Å². The maximum absolute atomic E-state index is 12.7. The number of carboxylic acid groups (broad SMARTS) is 1. The number of rotatable bonds is 4. The first-order valence-corrected chi connectivity index (χ1v) is 10.5. The molecule has 0 aromatic heterocycles. The summed E-state index contributed by atoms with van der Waals surface area (Å²) in [5.74, 6) is -1.10. The number of carbonyl (C=O) groups excluding carboxylic acids is 1. The number of aliphatic carboxylic acids is 1. The van der Waals surface area contributed by atoms with E-state index in [1.165, 1.54) is 0 Å². The fourth-order valence-electron chi connectivity index (χ4n) is 4.91. The molecule has 156 valence electrons. The van der Waals surface area contributed by atoms with E-state index in [1.54, 1.807) is 0 Å². The average molecular weight is 413 g/mol. The Morgan fingerprint density at radius 2 is 1.48 bits per heavy atom. The number of amides is 1. The summed E-state index contributed by atoms with van der Waals surface area (Å²) in [5, 5.41) is 12.6. The van der Waals surface area contributed by atoms with Crippen LogP contribution in [0.25, 0.3) is 11.1 Å². The highest BCUT2D eigenvalue weighted by atomic mass is 16.5. The van der Waals surface area contributed by atoms with Crippen LogP contribution in [0, 0.1) is 0 Å². The quantitative estimate of drug-likeness (QED) is 0.659. The second-order valence-electron chi connectivity index (χ2n) is 8.28. The van der Waals surface area contributed by atoms with Gasteiger partial charge in [-0.2, -0.15) is 0 Å². The maximum Gasteiger partial charge on any atom is 0.408 e. The fraction of sp³-hybridized carbons (Fsp3) is 0.231. The summed E-state index contributed by atoms with van der Waals surface area (Å²) in [5.41, 5.74) is 5.28. The Hall–Kier alpha value is -3.60. The van der Waals surface area contributed by atoms with Crippen molar-refractivity contribution < 1.29 is 19.4 Å². The number of aryl methyl sites for hydroxylation is 1. The Kier molecular flexibility index (Phi) is 4.74. The molecule has 0 unspecified atom stereocenters. The molecule has 5 nitrogen and oxygen atoms in total. The van der Waals surface area contributed by atoms with Crippen molar-refractivity contribution in [1.82, 2.24) is 5.32 Å². The van der Waals surface area contributed by atoms with E-state index in [0.29, 0.717) is 12.8 Å². The van der Waals surface area contributed by atoms with E-state index >= 15 is 0 Å². The summed E-state index contributed by atoms with van der Waals surface area (Å²) in [6.45, 7) is 0.159. The monoisotopic (exact) mass is 413 g/mol. The zero-order chi connectivity index (χ0) is 21.4. The van der Waals surface area contributed by atoms with Gasteiger partial charge in [0.1, 0.15) is 12.1 Å². The molecule has 1 atom stereocenters. The second-order valence-corrected chi connectivity index (χ2v) is 8.28. The zero-order valence-electron chi connectivity index (χ0n) is 17.0. The minimum absolute atomic E-state index is 0.0639. The van der Waals surface area contributed by atoms with Gasteiger partial charge in [-0.05, 0) is 46.2 Å². The van der Waals surface area contributed by atoms with Gasteiger partial charge in [0, 0.05) is 12.3 Å². The molecule has 2 aliphatic carbocycles. The van der Waals surface area contributed by atoms with Gasteiger partial charge in [-0.25, -0.2) is 9.59 Å². The van der Waals surface area contributed by atoms with Gasteiger partial charge in [-0.15, -0.1) is 0 Å². The number of hydrogen-bond acceptors (Lipinski definition) is 3. The van der Waals surface area contributed by atoms with Crippen molar-refractivity contribution in [1.29, 1.82) is 0 Å². The molecule has 0 radical (unpaired) electrons. The predicted octanol–water partition coefficient (Wildman–Crippen LogP) is 4.54. The van der Waals surface area contributed by atoms with Gasteiger partial charge in [0.15, 0.2) is 0 Å². The third kappa shape index (κ3) is 3.36. The number of hydrogen-bond donors (Lipinski definition) is 2. The van der Waals surface area contributed by atoms with Crippen molar-refractivity contribution in [3.05, 3.63) is 95.1 Å². The molecular weight excluding hydrogens is 390 g/mol. The molecule has 2 aliphatic rings. The first kappa shape index (κ1) is 19.4. The lowest BCUT2D eigenvalue weighted by Crippen LogP contribution is -2.58. The molecule has 3 aromatic rings. The summed E-state index contributed by atoms with van der Waals surface area (Å²) in [7, 11) is 0. The minimum atomic E-state index is -1.35. The van der Waals surface area contributed by atoms with Crippen LogP contribution in [0.3, 0.4) is 0 Å². The Balaban J connectivity index is 1.33. The standard InChI is InChI=1S/C26H23NO4/c28-24(29)26(14-13-17-7-1-2-8-18(17)15-26)27-25(30)31-16-23-21-11-5-3-9-19(21)20-10-4-6-12-22(20)23/h1-12,23H,13-16H2,(H,27,30)(H,28,29)/t26-/m0/s1. The summed E-state index contributed by atoms with van der Waals surface area (Å²) >= 11 is 0. The highest BCUT2D eigenvalue weighted by Gasteiger charge is 2.43. The van der Waals surface area contributed by atoms with Gasteiger partial charge in [0.25, 0.3) is 0 Å². The molecule has 1 amide bonds. The first-order chi connectivity index (χ1) is 15.1. The van der Waals surface area contributed by atoms with Crippen molar-refractivity contribution in [3.63, 3.8) is 0 Å². The summed E-state index contributed by atoms with van der Waals surface area (Å²) in [6.07, 6.45) is 0.502. The van der Waals surface area contributed by atoms with Crippen LogP contribution >= 0.6 is 0 Å². The lowest BCUT2D eigenvalue weighted by molar-refractivity contribution is -0.145. The van der Waals surface area contributed by atoms with E-state index in [0.717, 1.165) is 33.4 Å². The van der Waals surface area contributed by atoms with E-state index in [2.05, 4.69) is 29.6 Å². The van der Waals surface area contributed by atoms with Crippen LogP contribution in [0.2, 0.25) is 0 Å². The Bertz CT molecular complexity index is 1130. The third-order valence-corrected chi connectivity index (χ3v) is 6.53. The van der Waals surface area contributed by atoms with E-state index in [9.17, 15) is 14.7 Å². The molecule has 0 aliphatic heterocycles. The van der Waals surface area contributed by atoms with Crippen LogP contribution in [-0.4, -0.2) is 29.3 Å². The topological polar surface area (TPSA) is 75.6 Å². The molecule has 0 spiro atoms. The summed E-state index contributed by atoms with van der Waals surface area (Å²) in [4.78, 5) is 24.9. The molecule has 5 rings (SSSR count). The number of benzene rings is 3. The van der Waals surface area contributed by atoms with E-state index in [-0.39, 0.29) is 18.9 Å². The normalized spacial score (nSPS) is 19.1. The molecule has 3 aromatic carbocycles. The smallest absolute Gasteiger partial charge is 0.408 e. The number of carbonyl (C=O) groups is 2. The molecule has 5 heteroatoms. The van der Waals surface area contributed by atoms with Crippen LogP contribution in [0.5, 0.6) is 0 Å². The number of fused-ring (bicyclic) bond motifs is 4. The van der Waals surface area contributed by atoms with Crippen molar-refractivity contribution in [2.45, 2.75) is 30.7 Å². The van der Waals surface area contributed by atoms with Gasteiger partial charge in [0.2, 0.25) is 0 Å². The summed E-state index contributed by atoms with van der Waals surface area (Å²) in [6, 6.07) is 24.0. The lowest BCUT2D eigenvalue weighted by atomic mass is 9.78. The minimum Gasteiger partial charge on any atom is -0.479 e. The highest BCUT2D eigenvalue weighted by molar-refractivity contribution is 5.85. The SMILES string of the molecule is O=C(N[C@@]1(C(=O)O)CCc2ccccc2C1)OCC1c2ccccc2-c2ccccc21. The van der Waals surface area contributed by atoms with Gasteiger partial charge in [-0.1, -0.05) is 72.8 Å². The number of nitrogens with one attached hydrogen (secondary N) is 1. The number of carboxylic acids is 1. The van der Waals surface area contributed by atoms with Gasteiger partial charge < -0.3 is 15.2 Å². The molecule has 0 saturated heterocycles. The Morgan fingerprint density at radius 1 is 0.903 bits per heavy atom. The van der Waals surface area contributed by atoms with Crippen molar-refractivity contribution in [2.75, 3.05) is 6.61 Å². The third-order valence-electron chi connectivity index (χ3n) is 6.53. The molecule has 0 saturated carbocycles. The van der Waals surface area contributed by atoms with E-state index in [4.69, 9.17) is 4.74 Å². The summed E-state index contributed by atoms with van der Waals surface area (Å²) < 4.78 is 5.59. The molecular formula is C26H23NO4. The van der Waals surface area contributed by atoms with Crippen LogP contribution in [-0.2, 0) is 22.4 Å². The van der Waals surface area contributed by atoms with Crippen LogP contribution in [0.1, 0.15) is 34.6 Å². The number of ether oxygens (including phenoxy) is 1. The number of alkyl carbamates (subject to hydrolysis) is 1. The second kappa shape index (κ2) is 7.58. The first-order valence-electron chi connectivity index (χ1n) is 10.5.